The van der Waals surface area contributed by atoms with Crippen molar-refractivity contribution in [2.45, 2.75) is 6.04 Å². The zero-order valence-corrected chi connectivity index (χ0v) is 10.8. The number of rotatable bonds is 3. The number of carboxylic acid groups (broad SMARTS) is 1. The molecule has 1 aromatic carbocycles. The minimum atomic E-state index is -1.12. The molecule has 1 aliphatic rings. The van der Waals surface area contributed by atoms with Gasteiger partial charge in [-0.05, 0) is 18.2 Å². The van der Waals surface area contributed by atoms with Gasteiger partial charge in [-0.3, -0.25) is 10.1 Å². The number of carboxylic acids is 1. The first-order valence-electron chi connectivity index (χ1n) is 5.23. The average molecular weight is 287 g/mol. The molecule has 1 aromatic rings. The molecule has 0 spiro atoms. The van der Waals surface area contributed by atoms with Gasteiger partial charge in [0.25, 0.3) is 0 Å². The third kappa shape index (κ3) is 2.95. The summed E-state index contributed by atoms with van der Waals surface area (Å²) in [5, 5.41) is 15.0. The van der Waals surface area contributed by atoms with Gasteiger partial charge < -0.3 is 10.4 Å². The van der Waals surface area contributed by atoms with E-state index < -0.39 is 5.97 Å². The Kier molecular flexibility index (Phi) is 4.11. The third-order valence-corrected chi connectivity index (χ3v) is 3.68. The van der Waals surface area contributed by atoms with Crippen molar-refractivity contribution in [2.24, 2.45) is 0 Å². The summed E-state index contributed by atoms with van der Waals surface area (Å²) < 4.78 is 0. The standard InChI is InChI=1S/C11H11ClN2O3S/c12-6-1-2-8(7(3-6)11(16)17)14-10(15)9-4-18-5-13-9/h1-3,9,13H,4-5H2,(H,14,15)(H,16,17). The van der Waals surface area contributed by atoms with Gasteiger partial charge in [-0.15, -0.1) is 11.8 Å². The first-order chi connectivity index (χ1) is 8.58. The molecular formula is C11H11ClN2O3S. The molecule has 1 aliphatic heterocycles. The van der Waals surface area contributed by atoms with Gasteiger partial charge in [0.05, 0.1) is 17.3 Å². The fourth-order valence-electron chi connectivity index (χ4n) is 1.59. The number of anilines is 1. The van der Waals surface area contributed by atoms with Gasteiger partial charge in [-0.1, -0.05) is 11.6 Å². The first kappa shape index (κ1) is 13.2. The molecule has 7 heteroatoms. The fourth-order valence-corrected chi connectivity index (χ4v) is 2.70. The summed E-state index contributed by atoms with van der Waals surface area (Å²) in [6.45, 7) is 0. The van der Waals surface area contributed by atoms with Crippen LogP contribution in [0.2, 0.25) is 5.02 Å². The predicted octanol–water partition coefficient (Wildman–Crippen LogP) is 1.64. The Labute approximate surface area is 113 Å². The van der Waals surface area contributed by atoms with E-state index in [-0.39, 0.29) is 23.2 Å². The van der Waals surface area contributed by atoms with Crippen LogP contribution in [0.25, 0.3) is 0 Å². The molecule has 96 valence electrons. The number of halogens is 1. The van der Waals surface area contributed by atoms with Crippen molar-refractivity contribution in [2.75, 3.05) is 16.9 Å². The minimum absolute atomic E-state index is 0.0125. The predicted molar refractivity (Wildman–Crippen MR) is 71.3 cm³/mol. The van der Waals surface area contributed by atoms with E-state index in [9.17, 15) is 9.59 Å². The Morgan fingerprint density at radius 2 is 2.28 bits per heavy atom. The summed E-state index contributed by atoms with van der Waals surface area (Å²) >= 11 is 7.36. The third-order valence-electron chi connectivity index (χ3n) is 2.50. The molecule has 1 unspecified atom stereocenters. The van der Waals surface area contributed by atoms with Crippen molar-refractivity contribution in [1.82, 2.24) is 5.32 Å². The van der Waals surface area contributed by atoms with Crippen LogP contribution < -0.4 is 10.6 Å². The fraction of sp³-hybridized carbons (Fsp3) is 0.273. The number of hydrogen-bond donors (Lipinski definition) is 3. The molecule has 1 heterocycles. The van der Waals surface area contributed by atoms with Crippen LogP contribution in [0.1, 0.15) is 10.4 Å². The molecule has 0 radical (unpaired) electrons. The van der Waals surface area contributed by atoms with Gasteiger partial charge in [0.1, 0.15) is 0 Å². The number of carbonyl (C=O) groups excluding carboxylic acids is 1. The van der Waals surface area contributed by atoms with Gasteiger partial charge in [-0.2, -0.15) is 0 Å². The summed E-state index contributed by atoms with van der Waals surface area (Å²) in [6, 6.07) is 4.06. The van der Waals surface area contributed by atoms with E-state index in [2.05, 4.69) is 10.6 Å². The van der Waals surface area contributed by atoms with Crippen LogP contribution in [-0.4, -0.2) is 34.7 Å². The number of amides is 1. The highest BCUT2D eigenvalue weighted by Gasteiger charge is 2.23. The molecule has 3 N–H and O–H groups in total. The highest BCUT2D eigenvalue weighted by atomic mass is 35.5. The van der Waals surface area contributed by atoms with Crippen molar-refractivity contribution < 1.29 is 14.7 Å². The lowest BCUT2D eigenvalue weighted by molar-refractivity contribution is -0.117. The van der Waals surface area contributed by atoms with E-state index in [1.54, 1.807) is 17.8 Å². The zero-order chi connectivity index (χ0) is 13.1. The molecular weight excluding hydrogens is 276 g/mol. The Bertz CT molecular complexity index is 489. The molecule has 1 saturated heterocycles. The molecule has 1 amide bonds. The van der Waals surface area contributed by atoms with Crippen LogP contribution in [0.15, 0.2) is 18.2 Å². The van der Waals surface area contributed by atoms with Crippen molar-refractivity contribution in [1.29, 1.82) is 0 Å². The average Bonchev–Trinajstić information content (AvgIpc) is 2.84. The van der Waals surface area contributed by atoms with Gasteiger partial charge in [0.2, 0.25) is 5.91 Å². The number of nitrogens with one attached hydrogen (secondary N) is 2. The Morgan fingerprint density at radius 1 is 1.50 bits per heavy atom. The molecule has 1 fully saturated rings. The molecule has 5 nitrogen and oxygen atoms in total. The second kappa shape index (κ2) is 5.60. The Balaban J connectivity index is 2.17. The van der Waals surface area contributed by atoms with Crippen LogP contribution in [-0.2, 0) is 4.79 Å². The highest BCUT2D eigenvalue weighted by Crippen LogP contribution is 2.21. The van der Waals surface area contributed by atoms with Gasteiger partial charge in [-0.25, -0.2) is 4.79 Å². The van der Waals surface area contributed by atoms with Crippen molar-refractivity contribution in [3.05, 3.63) is 28.8 Å². The quantitative estimate of drug-likeness (QED) is 0.787. The first-order valence-corrected chi connectivity index (χ1v) is 6.76. The lowest BCUT2D eigenvalue weighted by Crippen LogP contribution is -2.37. The van der Waals surface area contributed by atoms with E-state index in [1.807, 2.05) is 0 Å². The number of carbonyl (C=O) groups is 2. The number of hydrogen-bond acceptors (Lipinski definition) is 4. The lowest BCUT2D eigenvalue weighted by atomic mass is 10.1. The summed E-state index contributed by atoms with van der Waals surface area (Å²) in [5.41, 5.74) is 0.247. The smallest absolute Gasteiger partial charge is 0.337 e. The lowest BCUT2D eigenvalue weighted by Gasteiger charge is -2.12. The normalized spacial score (nSPS) is 18.6. The van der Waals surface area contributed by atoms with Crippen molar-refractivity contribution >= 4 is 40.9 Å². The summed E-state index contributed by atoms with van der Waals surface area (Å²) in [4.78, 5) is 22.9. The maximum absolute atomic E-state index is 11.9. The molecule has 2 rings (SSSR count). The molecule has 0 aliphatic carbocycles. The number of thioether (sulfide) groups is 1. The van der Waals surface area contributed by atoms with E-state index in [1.165, 1.54) is 12.1 Å². The van der Waals surface area contributed by atoms with Crippen LogP contribution in [0.3, 0.4) is 0 Å². The molecule has 0 bridgehead atoms. The van der Waals surface area contributed by atoms with Gasteiger partial charge >= 0.3 is 5.97 Å². The van der Waals surface area contributed by atoms with Crippen LogP contribution >= 0.6 is 23.4 Å². The Hall–Kier alpha value is -1.24. The Morgan fingerprint density at radius 3 is 2.89 bits per heavy atom. The summed E-state index contributed by atoms with van der Waals surface area (Å²) in [5.74, 6) is 0.0538. The number of aromatic carboxylic acids is 1. The van der Waals surface area contributed by atoms with Crippen molar-refractivity contribution in [3.8, 4) is 0 Å². The zero-order valence-electron chi connectivity index (χ0n) is 9.27. The summed E-state index contributed by atoms with van der Waals surface area (Å²) in [6.07, 6.45) is 0. The monoisotopic (exact) mass is 286 g/mol. The minimum Gasteiger partial charge on any atom is -0.478 e. The summed E-state index contributed by atoms with van der Waals surface area (Å²) in [7, 11) is 0. The molecule has 0 saturated carbocycles. The van der Waals surface area contributed by atoms with E-state index in [4.69, 9.17) is 16.7 Å². The second-order valence-electron chi connectivity index (χ2n) is 3.76. The topological polar surface area (TPSA) is 78.4 Å². The van der Waals surface area contributed by atoms with Gasteiger partial charge in [0.15, 0.2) is 0 Å². The van der Waals surface area contributed by atoms with E-state index >= 15 is 0 Å². The highest BCUT2D eigenvalue weighted by molar-refractivity contribution is 7.99. The maximum atomic E-state index is 11.9. The molecule has 1 atom stereocenters. The van der Waals surface area contributed by atoms with Crippen molar-refractivity contribution in [3.63, 3.8) is 0 Å². The SMILES string of the molecule is O=C(O)c1cc(Cl)ccc1NC(=O)C1CSCN1. The van der Waals surface area contributed by atoms with Crippen LogP contribution in [0, 0.1) is 0 Å². The van der Waals surface area contributed by atoms with Crippen LogP contribution in [0.5, 0.6) is 0 Å². The van der Waals surface area contributed by atoms with E-state index in [0.717, 1.165) is 5.88 Å². The largest absolute Gasteiger partial charge is 0.478 e. The molecule has 18 heavy (non-hydrogen) atoms. The van der Waals surface area contributed by atoms with E-state index in [0.29, 0.717) is 10.8 Å². The maximum Gasteiger partial charge on any atom is 0.337 e. The second-order valence-corrected chi connectivity index (χ2v) is 5.22. The van der Waals surface area contributed by atoms with Crippen LogP contribution in [0.4, 0.5) is 5.69 Å². The molecule has 0 aromatic heterocycles. The number of benzene rings is 1. The van der Waals surface area contributed by atoms with Gasteiger partial charge in [0, 0.05) is 16.7 Å².